The maximum Gasteiger partial charge on any atom is 0.217 e. The molecule has 0 amide bonds. The maximum atomic E-state index is 6.47. The molecule has 1 aliphatic heterocycles. The molecule has 3 rings (SSSR count). The van der Waals surface area contributed by atoms with Crippen molar-refractivity contribution in [3.63, 3.8) is 0 Å². The first kappa shape index (κ1) is 12.9. The second kappa shape index (κ2) is 5.10. The molecule has 1 saturated carbocycles. The van der Waals surface area contributed by atoms with Crippen molar-refractivity contribution in [1.82, 2.24) is 4.98 Å². The lowest BCUT2D eigenvalue weighted by atomic mass is 9.70. The third-order valence-corrected chi connectivity index (χ3v) is 4.66. The van der Waals surface area contributed by atoms with Gasteiger partial charge in [0, 0.05) is 24.4 Å². The highest BCUT2D eigenvalue weighted by Crippen LogP contribution is 2.47. The number of ether oxygens (including phenoxy) is 2. The van der Waals surface area contributed by atoms with Crippen molar-refractivity contribution in [2.75, 3.05) is 13.7 Å². The molecule has 104 valence electrons. The Labute approximate surface area is 114 Å². The van der Waals surface area contributed by atoms with E-state index in [9.17, 15) is 0 Å². The van der Waals surface area contributed by atoms with Crippen LogP contribution in [-0.2, 0) is 4.74 Å². The van der Waals surface area contributed by atoms with Gasteiger partial charge in [0.2, 0.25) is 5.88 Å². The molecule has 19 heavy (non-hydrogen) atoms. The minimum absolute atomic E-state index is 0.00924. The van der Waals surface area contributed by atoms with Crippen molar-refractivity contribution in [2.45, 2.75) is 43.7 Å². The molecular formula is C15H22N2O2. The van der Waals surface area contributed by atoms with E-state index in [1.54, 1.807) is 13.3 Å². The van der Waals surface area contributed by atoms with E-state index in [1.165, 1.54) is 19.3 Å². The first-order valence-electron chi connectivity index (χ1n) is 7.12. The Morgan fingerprint density at radius 1 is 1.53 bits per heavy atom. The Morgan fingerprint density at radius 2 is 2.37 bits per heavy atom. The Morgan fingerprint density at radius 3 is 3.05 bits per heavy atom. The topological polar surface area (TPSA) is 57.4 Å². The van der Waals surface area contributed by atoms with Gasteiger partial charge in [0.15, 0.2) is 0 Å². The van der Waals surface area contributed by atoms with Gasteiger partial charge in [-0.25, -0.2) is 4.98 Å². The lowest BCUT2D eigenvalue weighted by molar-refractivity contribution is -0.146. The molecule has 0 radical (unpaired) electrons. The summed E-state index contributed by atoms with van der Waals surface area (Å²) in [7, 11) is 1.65. The third kappa shape index (κ3) is 2.35. The number of pyridine rings is 1. The number of hydrogen-bond acceptors (Lipinski definition) is 4. The van der Waals surface area contributed by atoms with Gasteiger partial charge in [-0.2, -0.15) is 0 Å². The number of nitrogens with two attached hydrogens (primary N) is 1. The highest BCUT2D eigenvalue weighted by molar-refractivity contribution is 5.29. The van der Waals surface area contributed by atoms with Crippen LogP contribution in [0, 0.1) is 5.92 Å². The second-order valence-corrected chi connectivity index (χ2v) is 5.77. The molecule has 1 aromatic rings. The van der Waals surface area contributed by atoms with Gasteiger partial charge in [-0.1, -0.05) is 6.07 Å². The normalized spacial score (nSPS) is 26.7. The van der Waals surface area contributed by atoms with E-state index in [-0.39, 0.29) is 11.6 Å². The SMILES string of the molecule is COc1ncccc1C(N)C1CCOC2(CCC2)C1. The summed E-state index contributed by atoms with van der Waals surface area (Å²) in [5.41, 5.74) is 7.63. The van der Waals surface area contributed by atoms with Crippen LogP contribution in [0.15, 0.2) is 18.3 Å². The number of rotatable bonds is 3. The van der Waals surface area contributed by atoms with Gasteiger partial charge in [0.05, 0.1) is 12.7 Å². The molecule has 4 heteroatoms. The van der Waals surface area contributed by atoms with Gasteiger partial charge < -0.3 is 15.2 Å². The molecular weight excluding hydrogens is 240 g/mol. The van der Waals surface area contributed by atoms with Crippen LogP contribution >= 0.6 is 0 Å². The van der Waals surface area contributed by atoms with E-state index in [1.807, 2.05) is 12.1 Å². The molecule has 1 saturated heterocycles. The van der Waals surface area contributed by atoms with Gasteiger partial charge in [0.1, 0.15) is 0 Å². The zero-order valence-corrected chi connectivity index (χ0v) is 11.5. The van der Waals surface area contributed by atoms with E-state index in [4.69, 9.17) is 15.2 Å². The minimum atomic E-state index is -0.00924. The Bertz CT molecular complexity index is 446. The first-order chi connectivity index (χ1) is 9.24. The van der Waals surface area contributed by atoms with Gasteiger partial charge in [-0.05, 0) is 44.1 Å². The summed E-state index contributed by atoms with van der Waals surface area (Å²) in [5.74, 6) is 1.12. The first-order valence-corrected chi connectivity index (χ1v) is 7.12. The second-order valence-electron chi connectivity index (χ2n) is 5.77. The predicted molar refractivity (Wildman–Crippen MR) is 73.0 cm³/mol. The number of methoxy groups -OCH3 is 1. The van der Waals surface area contributed by atoms with Crippen molar-refractivity contribution >= 4 is 0 Å². The summed E-state index contributed by atoms with van der Waals surface area (Å²) in [4.78, 5) is 4.25. The van der Waals surface area contributed by atoms with Crippen LogP contribution < -0.4 is 10.5 Å². The molecule has 2 N–H and O–H groups in total. The lowest BCUT2D eigenvalue weighted by Crippen LogP contribution is -2.47. The quantitative estimate of drug-likeness (QED) is 0.909. The van der Waals surface area contributed by atoms with E-state index in [2.05, 4.69) is 4.98 Å². The number of aromatic nitrogens is 1. The van der Waals surface area contributed by atoms with Gasteiger partial charge in [0.25, 0.3) is 0 Å². The molecule has 0 bridgehead atoms. The molecule has 1 aliphatic carbocycles. The van der Waals surface area contributed by atoms with Gasteiger partial charge >= 0.3 is 0 Å². The van der Waals surface area contributed by atoms with Crippen molar-refractivity contribution in [2.24, 2.45) is 11.7 Å². The predicted octanol–water partition coefficient (Wildman–Crippen LogP) is 2.44. The van der Waals surface area contributed by atoms with Crippen LogP contribution in [0.5, 0.6) is 5.88 Å². The van der Waals surface area contributed by atoms with E-state index < -0.39 is 0 Å². The number of hydrogen-bond donors (Lipinski definition) is 1. The molecule has 2 unspecified atom stereocenters. The summed E-state index contributed by atoms with van der Waals surface area (Å²) in [6.07, 6.45) is 7.53. The molecule has 2 heterocycles. The van der Waals surface area contributed by atoms with Crippen molar-refractivity contribution in [3.8, 4) is 5.88 Å². The Balaban J connectivity index is 1.77. The molecule has 1 spiro atoms. The average Bonchev–Trinajstić information content (AvgIpc) is 2.45. The van der Waals surface area contributed by atoms with Crippen LogP contribution in [-0.4, -0.2) is 24.3 Å². The van der Waals surface area contributed by atoms with Crippen LogP contribution in [0.3, 0.4) is 0 Å². The molecule has 2 fully saturated rings. The van der Waals surface area contributed by atoms with Crippen LogP contribution in [0.25, 0.3) is 0 Å². The summed E-state index contributed by atoms with van der Waals surface area (Å²) in [5, 5.41) is 0. The highest BCUT2D eigenvalue weighted by atomic mass is 16.5. The van der Waals surface area contributed by atoms with E-state index in [0.717, 1.165) is 25.0 Å². The zero-order chi connectivity index (χ0) is 13.3. The van der Waals surface area contributed by atoms with E-state index >= 15 is 0 Å². The van der Waals surface area contributed by atoms with Crippen LogP contribution in [0.1, 0.15) is 43.7 Å². The molecule has 4 nitrogen and oxygen atoms in total. The minimum Gasteiger partial charge on any atom is -0.481 e. The Kier molecular flexibility index (Phi) is 3.46. The van der Waals surface area contributed by atoms with Crippen LogP contribution in [0.4, 0.5) is 0 Å². The summed E-state index contributed by atoms with van der Waals surface area (Å²) < 4.78 is 11.3. The molecule has 2 atom stereocenters. The molecule has 2 aliphatic rings. The van der Waals surface area contributed by atoms with Gasteiger partial charge in [-0.3, -0.25) is 0 Å². The van der Waals surface area contributed by atoms with Crippen molar-refractivity contribution in [3.05, 3.63) is 23.9 Å². The molecule has 0 aromatic carbocycles. The summed E-state index contributed by atoms with van der Waals surface area (Å²) in [6, 6.07) is 3.94. The highest BCUT2D eigenvalue weighted by Gasteiger charge is 2.44. The summed E-state index contributed by atoms with van der Waals surface area (Å²) in [6.45, 7) is 0.834. The maximum absolute atomic E-state index is 6.47. The average molecular weight is 262 g/mol. The van der Waals surface area contributed by atoms with Crippen molar-refractivity contribution < 1.29 is 9.47 Å². The monoisotopic (exact) mass is 262 g/mol. The Hall–Kier alpha value is -1.13. The fourth-order valence-electron chi connectivity index (χ4n) is 3.37. The van der Waals surface area contributed by atoms with Crippen LogP contribution in [0.2, 0.25) is 0 Å². The fourth-order valence-corrected chi connectivity index (χ4v) is 3.37. The lowest BCUT2D eigenvalue weighted by Gasteiger charge is -2.48. The smallest absolute Gasteiger partial charge is 0.217 e. The van der Waals surface area contributed by atoms with E-state index in [0.29, 0.717) is 11.8 Å². The zero-order valence-electron chi connectivity index (χ0n) is 11.5. The molecule has 1 aromatic heterocycles. The van der Waals surface area contributed by atoms with Gasteiger partial charge in [-0.15, -0.1) is 0 Å². The third-order valence-electron chi connectivity index (χ3n) is 4.66. The fraction of sp³-hybridized carbons (Fsp3) is 0.667. The number of nitrogens with zero attached hydrogens (tertiary/aromatic N) is 1. The summed E-state index contributed by atoms with van der Waals surface area (Å²) >= 11 is 0. The largest absolute Gasteiger partial charge is 0.481 e. The standard InChI is InChI=1S/C15H22N2O2/c1-18-14-12(4-2-8-17-14)13(16)11-5-9-19-15(10-11)6-3-7-15/h2,4,8,11,13H,3,5-7,9-10,16H2,1H3. The van der Waals surface area contributed by atoms with Crippen molar-refractivity contribution in [1.29, 1.82) is 0 Å².